The van der Waals surface area contributed by atoms with Gasteiger partial charge < -0.3 is 14.2 Å². The van der Waals surface area contributed by atoms with E-state index in [9.17, 15) is 8.42 Å². The largest absolute Gasteiger partial charge is 0.494 e. The van der Waals surface area contributed by atoms with Crippen LogP contribution in [0, 0.1) is 6.92 Å². The fourth-order valence-electron chi connectivity index (χ4n) is 4.00. The molecule has 0 unspecified atom stereocenters. The van der Waals surface area contributed by atoms with Crippen LogP contribution in [0.5, 0.6) is 11.5 Å². The minimum absolute atomic E-state index is 0.167. The summed E-state index contributed by atoms with van der Waals surface area (Å²) in [7, 11) is 2.42. The summed E-state index contributed by atoms with van der Waals surface area (Å²) in [4.78, 5) is 8.55. The standard InChI is InChI=1S/C24H29N7O5S/c1-15-12-26-18(13-25-15)23(36-6)16(2)37(32,33)14-21-27-28-24(17-10-11-30(3)29-17)31(21)22-19(34-4)8-7-9-20(22)35-5/h7-13,16,23H,14H2,1-6H3/t16-,23-/m0/s1. The van der Waals surface area contributed by atoms with Crippen LogP contribution in [0.4, 0.5) is 0 Å². The van der Waals surface area contributed by atoms with Gasteiger partial charge in [0.25, 0.3) is 0 Å². The number of rotatable bonds is 10. The molecule has 0 aliphatic rings. The summed E-state index contributed by atoms with van der Waals surface area (Å²) in [5, 5.41) is 12.1. The lowest BCUT2D eigenvalue weighted by molar-refractivity contribution is 0.0983. The van der Waals surface area contributed by atoms with Crippen LogP contribution >= 0.6 is 0 Å². The van der Waals surface area contributed by atoms with Crippen LogP contribution in [0.15, 0.2) is 42.9 Å². The Balaban J connectivity index is 1.82. The highest BCUT2D eigenvalue weighted by atomic mass is 32.2. The second-order valence-electron chi connectivity index (χ2n) is 8.41. The van der Waals surface area contributed by atoms with Crippen molar-refractivity contribution in [2.45, 2.75) is 31.0 Å². The average Bonchev–Trinajstić information content (AvgIpc) is 3.50. The van der Waals surface area contributed by atoms with Crippen molar-refractivity contribution in [2.24, 2.45) is 7.05 Å². The number of sulfone groups is 1. The fourth-order valence-corrected chi connectivity index (χ4v) is 5.44. The minimum atomic E-state index is -3.84. The monoisotopic (exact) mass is 527 g/mol. The summed E-state index contributed by atoms with van der Waals surface area (Å²) in [6.45, 7) is 3.38. The molecule has 0 aliphatic heterocycles. The normalized spacial score (nSPS) is 13.4. The van der Waals surface area contributed by atoms with Crippen LogP contribution in [-0.2, 0) is 27.4 Å². The molecule has 3 aromatic heterocycles. The number of benzene rings is 1. The van der Waals surface area contributed by atoms with E-state index in [0.717, 1.165) is 5.69 Å². The molecule has 37 heavy (non-hydrogen) atoms. The van der Waals surface area contributed by atoms with Gasteiger partial charge in [-0.3, -0.25) is 19.2 Å². The molecule has 0 radical (unpaired) electrons. The number of aromatic nitrogens is 7. The smallest absolute Gasteiger partial charge is 0.189 e. The lowest BCUT2D eigenvalue weighted by atomic mass is 10.2. The molecule has 0 amide bonds. The van der Waals surface area contributed by atoms with Gasteiger partial charge in [-0.25, -0.2) is 8.42 Å². The second-order valence-corrected chi connectivity index (χ2v) is 10.8. The van der Waals surface area contributed by atoms with Crippen molar-refractivity contribution in [3.63, 3.8) is 0 Å². The summed E-state index contributed by atoms with van der Waals surface area (Å²) in [6.07, 6.45) is 4.03. The summed E-state index contributed by atoms with van der Waals surface area (Å²) in [5.41, 5.74) is 2.11. The molecule has 4 aromatic rings. The molecule has 0 aliphatic carbocycles. The number of methoxy groups -OCH3 is 3. The number of aryl methyl sites for hydroxylation is 2. The first-order valence-electron chi connectivity index (χ1n) is 11.4. The molecule has 13 heteroatoms. The third-order valence-corrected chi connectivity index (χ3v) is 8.01. The molecule has 0 saturated carbocycles. The predicted octanol–water partition coefficient (Wildman–Crippen LogP) is 2.47. The van der Waals surface area contributed by atoms with Crippen LogP contribution in [0.25, 0.3) is 17.2 Å². The van der Waals surface area contributed by atoms with Crippen molar-refractivity contribution in [3.05, 3.63) is 60.1 Å². The maximum absolute atomic E-state index is 13.7. The molecular formula is C24H29N7O5S. The maximum Gasteiger partial charge on any atom is 0.189 e. The van der Waals surface area contributed by atoms with Gasteiger partial charge in [-0.15, -0.1) is 10.2 Å². The zero-order valence-corrected chi connectivity index (χ0v) is 22.3. The zero-order valence-electron chi connectivity index (χ0n) is 21.5. The Morgan fingerprint density at radius 2 is 1.70 bits per heavy atom. The van der Waals surface area contributed by atoms with E-state index in [4.69, 9.17) is 14.2 Å². The molecule has 3 heterocycles. The highest BCUT2D eigenvalue weighted by Crippen LogP contribution is 2.37. The Morgan fingerprint density at radius 1 is 1.00 bits per heavy atom. The van der Waals surface area contributed by atoms with Crippen molar-refractivity contribution >= 4 is 9.84 Å². The van der Waals surface area contributed by atoms with E-state index in [1.807, 2.05) is 0 Å². The average molecular weight is 528 g/mol. The highest BCUT2D eigenvalue weighted by Gasteiger charge is 2.35. The summed E-state index contributed by atoms with van der Waals surface area (Å²) >= 11 is 0. The molecule has 4 rings (SSSR count). The number of hydrogen-bond donors (Lipinski definition) is 0. The molecule has 12 nitrogen and oxygen atoms in total. The molecule has 1 aromatic carbocycles. The Morgan fingerprint density at radius 3 is 2.24 bits per heavy atom. The van der Waals surface area contributed by atoms with Gasteiger partial charge in [0.2, 0.25) is 0 Å². The van der Waals surface area contributed by atoms with Gasteiger partial charge in [-0.1, -0.05) is 6.07 Å². The molecular weight excluding hydrogens is 498 g/mol. The number of ether oxygens (including phenoxy) is 3. The van der Waals surface area contributed by atoms with Crippen molar-refractivity contribution in [2.75, 3.05) is 21.3 Å². The second kappa shape index (κ2) is 10.6. The van der Waals surface area contributed by atoms with Crippen molar-refractivity contribution in [1.82, 2.24) is 34.5 Å². The van der Waals surface area contributed by atoms with E-state index in [1.165, 1.54) is 27.5 Å². The molecule has 0 N–H and O–H groups in total. The summed E-state index contributed by atoms with van der Waals surface area (Å²) < 4.78 is 47.4. The topological polar surface area (TPSA) is 136 Å². The molecule has 0 fully saturated rings. The molecule has 196 valence electrons. The third kappa shape index (κ3) is 5.18. The van der Waals surface area contributed by atoms with E-state index < -0.39 is 26.9 Å². The molecule has 0 bridgehead atoms. The van der Waals surface area contributed by atoms with E-state index in [1.54, 1.807) is 66.8 Å². The first-order chi connectivity index (χ1) is 17.7. The van der Waals surface area contributed by atoms with Gasteiger partial charge in [0.05, 0.1) is 37.1 Å². The predicted molar refractivity (Wildman–Crippen MR) is 135 cm³/mol. The Labute approximate surface area is 215 Å². The number of nitrogens with zero attached hydrogens (tertiary/aromatic N) is 7. The lowest BCUT2D eigenvalue weighted by Gasteiger charge is -2.22. The van der Waals surface area contributed by atoms with E-state index in [-0.39, 0.29) is 5.82 Å². The van der Waals surface area contributed by atoms with E-state index in [2.05, 4.69) is 25.3 Å². The van der Waals surface area contributed by atoms with Gasteiger partial charge >= 0.3 is 0 Å². The van der Waals surface area contributed by atoms with Gasteiger partial charge in [0, 0.05) is 26.6 Å². The molecule has 0 spiro atoms. The number of hydrogen-bond acceptors (Lipinski definition) is 10. The molecule has 0 saturated heterocycles. The van der Waals surface area contributed by atoms with Crippen LogP contribution < -0.4 is 9.47 Å². The van der Waals surface area contributed by atoms with Crippen LogP contribution in [0.3, 0.4) is 0 Å². The van der Waals surface area contributed by atoms with Crippen LogP contribution in [-0.4, -0.2) is 69.5 Å². The van der Waals surface area contributed by atoms with E-state index in [0.29, 0.717) is 34.4 Å². The summed E-state index contributed by atoms with van der Waals surface area (Å²) in [5.74, 6) is 0.975. The van der Waals surface area contributed by atoms with Crippen LogP contribution in [0.1, 0.15) is 30.2 Å². The Kier molecular flexibility index (Phi) is 7.55. The SMILES string of the molecule is COc1cccc(OC)c1-n1c(CS(=O)(=O)[C@@H](C)[C@H](OC)c2cnc(C)cn2)nnc1-c1ccn(C)n1. The Bertz CT molecular complexity index is 1460. The first-order valence-corrected chi connectivity index (χ1v) is 13.1. The first kappa shape index (κ1) is 26.2. The zero-order chi connectivity index (χ0) is 26.7. The quantitative estimate of drug-likeness (QED) is 0.302. The fraction of sp³-hybridized carbons (Fsp3) is 0.375. The van der Waals surface area contributed by atoms with Gasteiger partial charge in [-0.2, -0.15) is 5.10 Å². The van der Waals surface area contributed by atoms with Gasteiger partial charge in [0.15, 0.2) is 21.5 Å². The third-order valence-electron chi connectivity index (χ3n) is 5.97. The highest BCUT2D eigenvalue weighted by molar-refractivity contribution is 7.91. The molecule has 2 atom stereocenters. The maximum atomic E-state index is 13.7. The van der Waals surface area contributed by atoms with Crippen molar-refractivity contribution < 1.29 is 22.6 Å². The van der Waals surface area contributed by atoms with Gasteiger partial charge in [0.1, 0.15) is 34.7 Å². The van der Waals surface area contributed by atoms with Crippen molar-refractivity contribution in [1.29, 1.82) is 0 Å². The summed E-state index contributed by atoms with van der Waals surface area (Å²) in [6, 6.07) is 7.03. The van der Waals surface area contributed by atoms with Crippen LogP contribution in [0.2, 0.25) is 0 Å². The number of para-hydroxylation sites is 1. The Hall–Kier alpha value is -3.84. The van der Waals surface area contributed by atoms with Gasteiger partial charge in [-0.05, 0) is 32.0 Å². The lowest BCUT2D eigenvalue weighted by Crippen LogP contribution is -2.29. The van der Waals surface area contributed by atoms with E-state index >= 15 is 0 Å². The van der Waals surface area contributed by atoms with Crippen molar-refractivity contribution in [3.8, 4) is 28.7 Å². The minimum Gasteiger partial charge on any atom is -0.494 e.